The van der Waals surface area contributed by atoms with Crippen LogP contribution in [0.3, 0.4) is 0 Å². The minimum Gasteiger partial charge on any atom is -0.342 e. The third-order valence-electron chi connectivity index (χ3n) is 5.43. The lowest BCUT2D eigenvalue weighted by atomic mass is 9.94. The number of aromatic amines is 1. The number of benzene rings is 1. The molecule has 2 amide bonds. The number of fused-ring (bicyclic) bond motifs is 1. The van der Waals surface area contributed by atoms with Gasteiger partial charge >= 0.3 is 6.03 Å². The van der Waals surface area contributed by atoms with E-state index in [4.69, 9.17) is 0 Å². The first-order valence-electron chi connectivity index (χ1n) is 10.2. The van der Waals surface area contributed by atoms with Crippen LogP contribution in [0.2, 0.25) is 0 Å². The Labute approximate surface area is 165 Å². The van der Waals surface area contributed by atoms with Crippen molar-refractivity contribution in [2.24, 2.45) is 0 Å². The van der Waals surface area contributed by atoms with Crippen molar-refractivity contribution < 1.29 is 4.79 Å². The summed E-state index contributed by atoms with van der Waals surface area (Å²) in [5.74, 6) is 0.901. The summed E-state index contributed by atoms with van der Waals surface area (Å²) in [5, 5.41) is 3.10. The summed E-state index contributed by atoms with van der Waals surface area (Å²) in [6, 6.07) is 12.3. The molecule has 2 aromatic heterocycles. The zero-order valence-corrected chi connectivity index (χ0v) is 16.1. The molecule has 1 aromatic carbocycles. The highest BCUT2D eigenvalue weighted by Crippen LogP contribution is 2.24. The maximum Gasteiger partial charge on any atom is 0.317 e. The second kappa shape index (κ2) is 8.87. The van der Waals surface area contributed by atoms with Crippen LogP contribution in [0.5, 0.6) is 0 Å². The highest BCUT2D eigenvalue weighted by Gasteiger charge is 2.25. The minimum absolute atomic E-state index is 0.00636. The predicted octanol–water partition coefficient (Wildman–Crippen LogP) is 4.04. The number of para-hydroxylation sites is 2. The van der Waals surface area contributed by atoms with Gasteiger partial charge in [-0.2, -0.15) is 0 Å². The summed E-state index contributed by atoms with van der Waals surface area (Å²) in [6.45, 7) is 1.17. The van der Waals surface area contributed by atoms with Crippen molar-refractivity contribution in [3.8, 4) is 0 Å². The monoisotopic (exact) mass is 377 g/mol. The minimum atomic E-state index is 0.00636. The normalized spacial score (nSPS) is 14.9. The van der Waals surface area contributed by atoms with Gasteiger partial charge in [0.15, 0.2) is 0 Å². The number of nitrogens with one attached hydrogen (secondary N) is 2. The van der Waals surface area contributed by atoms with Gasteiger partial charge in [-0.1, -0.05) is 37.5 Å². The summed E-state index contributed by atoms with van der Waals surface area (Å²) in [7, 11) is 0. The number of pyridine rings is 1. The molecule has 0 unspecified atom stereocenters. The number of imidazole rings is 1. The van der Waals surface area contributed by atoms with Gasteiger partial charge in [-0.05, 0) is 36.6 Å². The Morgan fingerprint density at radius 3 is 2.79 bits per heavy atom. The van der Waals surface area contributed by atoms with E-state index in [-0.39, 0.29) is 6.03 Å². The van der Waals surface area contributed by atoms with Crippen LogP contribution in [0.4, 0.5) is 4.79 Å². The summed E-state index contributed by atoms with van der Waals surface area (Å²) < 4.78 is 0. The fourth-order valence-corrected chi connectivity index (χ4v) is 3.96. The molecule has 0 spiro atoms. The number of nitrogens with zero attached hydrogens (tertiary/aromatic N) is 3. The molecular weight excluding hydrogens is 350 g/mol. The van der Waals surface area contributed by atoms with E-state index in [1.807, 2.05) is 47.5 Å². The molecule has 1 saturated carbocycles. The highest BCUT2D eigenvalue weighted by molar-refractivity contribution is 5.75. The average molecular weight is 377 g/mol. The molecule has 6 heteroatoms. The van der Waals surface area contributed by atoms with Gasteiger partial charge in [-0.25, -0.2) is 9.78 Å². The number of hydrogen-bond acceptors (Lipinski definition) is 3. The van der Waals surface area contributed by atoms with Gasteiger partial charge in [-0.3, -0.25) is 4.98 Å². The molecule has 0 atom stereocenters. The second-order valence-corrected chi connectivity index (χ2v) is 7.46. The standard InChI is InChI=1S/C22H27N5O/c28-22(24-14-12-21-25-19-10-4-5-11-20(19)26-21)27(18-8-2-1-3-9-18)16-17-7-6-13-23-15-17/h4-7,10-11,13,15,18H,1-3,8-9,12,14,16H2,(H,24,28)(H,25,26). The van der Waals surface area contributed by atoms with Crippen LogP contribution >= 0.6 is 0 Å². The van der Waals surface area contributed by atoms with E-state index in [0.29, 0.717) is 25.6 Å². The number of hydrogen-bond donors (Lipinski definition) is 2. The van der Waals surface area contributed by atoms with Gasteiger partial charge in [0.25, 0.3) is 0 Å². The maximum atomic E-state index is 13.0. The molecule has 1 aliphatic carbocycles. The molecule has 28 heavy (non-hydrogen) atoms. The van der Waals surface area contributed by atoms with E-state index in [2.05, 4.69) is 20.3 Å². The first-order valence-corrected chi connectivity index (χ1v) is 10.2. The molecule has 0 radical (unpaired) electrons. The number of rotatable bonds is 6. The fourth-order valence-electron chi connectivity index (χ4n) is 3.96. The van der Waals surface area contributed by atoms with Gasteiger partial charge in [0, 0.05) is 37.9 Å². The Balaban J connectivity index is 1.38. The summed E-state index contributed by atoms with van der Waals surface area (Å²) in [4.78, 5) is 27.1. The number of carbonyl (C=O) groups excluding carboxylic acids is 1. The van der Waals surface area contributed by atoms with Crippen LogP contribution in [-0.2, 0) is 13.0 Å². The van der Waals surface area contributed by atoms with Crippen LogP contribution in [0.25, 0.3) is 11.0 Å². The van der Waals surface area contributed by atoms with E-state index in [0.717, 1.165) is 35.3 Å². The van der Waals surface area contributed by atoms with Crippen LogP contribution in [0.1, 0.15) is 43.5 Å². The zero-order valence-electron chi connectivity index (χ0n) is 16.1. The van der Waals surface area contributed by atoms with Crippen LogP contribution < -0.4 is 5.32 Å². The van der Waals surface area contributed by atoms with Gasteiger partial charge in [0.2, 0.25) is 0 Å². The largest absolute Gasteiger partial charge is 0.342 e. The fraction of sp³-hybridized carbons (Fsp3) is 0.409. The molecule has 2 N–H and O–H groups in total. The molecule has 0 bridgehead atoms. The molecule has 0 saturated heterocycles. The van der Waals surface area contributed by atoms with Gasteiger partial charge in [-0.15, -0.1) is 0 Å². The summed E-state index contributed by atoms with van der Waals surface area (Å²) >= 11 is 0. The number of urea groups is 1. The first kappa shape index (κ1) is 18.5. The van der Waals surface area contributed by atoms with Crippen molar-refractivity contribution in [1.29, 1.82) is 0 Å². The van der Waals surface area contributed by atoms with E-state index in [9.17, 15) is 4.79 Å². The van der Waals surface area contributed by atoms with E-state index in [1.54, 1.807) is 6.20 Å². The molecule has 0 aliphatic heterocycles. The topological polar surface area (TPSA) is 73.9 Å². The Hall–Kier alpha value is -2.89. The average Bonchev–Trinajstić information content (AvgIpc) is 3.16. The van der Waals surface area contributed by atoms with Gasteiger partial charge < -0.3 is 15.2 Å². The van der Waals surface area contributed by atoms with Crippen molar-refractivity contribution >= 4 is 17.1 Å². The van der Waals surface area contributed by atoms with Crippen molar-refractivity contribution in [3.63, 3.8) is 0 Å². The molecule has 1 fully saturated rings. The summed E-state index contributed by atoms with van der Waals surface area (Å²) in [6.07, 6.45) is 10.1. The third-order valence-corrected chi connectivity index (χ3v) is 5.43. The van der Waals surface area contributed by atoms with E-state index < -0.39 is 0 Å². The SMILES string of the molecule is O=C(NCCc1nc2ccccc2[nH]1)N(Cc1cccnc1)C1CCCCC1. The van der Waals surface area contributed by atoms with Crippen LogP contribution in [-0.4, -0.2) is 38.5 Å². The zero-order chi connectivity index (χ0) is 19.2. The van der Waals surface area contributed by atoms with Crippen LogP contribution in [0.15, 0.2) is 48.8 Å². The number of amides is 2. The number of aromatic nitrogens is 3. The Morgan fingerprint density at radius 2 is 2.00 bits per heavy atom. The lowest BCUT2D eigenvalue weighted by Gasteiger charge is -2.34. The first-order chi connectivity index (χ1) is 13.8. The van der Waals surface area contributed by atoms with Crippen LogP contribution in [0, 0.1) is 0 Å². The molecule has 3 aromatic rings. The lowest BCUT2D eigenvalue weighted by Crippen LogP contribution is -2.47. The molecule has 1 aliphatic rings. The van der Waals surface area contributed by atoms with Crippen molar-refractivity contribution in [2.75, 3.05) is 6.54 Å². The van der Waals surface area contributed by atoms with E-state index >= 15 is 0 Å². The Morgan fingerprint density at radius 1 is 1.14 bits per heavy atom. The maximum absolute atomic E-state index is 13.0. The predicted molar refractivity (Wildman–Crippen MR) is 110 cm³/mol. The second-order valence-electron chi connectivity index (χ2n) is 7.46. The molecule has 2 heterocycles. The van der Waals surface area contributed by atoms with Gasteiger partial charge in [0.05, 0.1) is 11.0 Å². The van der Waals surface area contributed by atoms with Crippen molar-refractivity contribution in [2.45, 2.75) is 51.1 Å². The molecule has 4 rings (SSSR count). The van der Waals surface area contributed by atoms with Crippen molar-refractivity contribution in [1.82, 2.24) is 25.2 Å². The van der Waals surface area contributed by atoms with Crippen molar-refractivity contribution in [3.05, 3.63) is 60.2 Å². The molecule has 6 nitrogen and oxygen atoms in total. The molecular formula is C22H27N5O. The highest BCUT2D eigenvalue weighted by atomic mass is 16.2. The third kappa shape index (κ3) is 4.50. The van der Waals surface area contributed by atoms with E-state index in [1.165, 1.54) is 19.3 Å². The number of carbonyl (C=O) groups is 1. The molecule has 146 valence electrons. The smallest absolute Gasteiger partial charge is 0.317 e. The Kier molecular flexibility index (Phi) is 5.85. The van der Waals surface area contributed by atoms with Gasteiger partial charge in [0.1, 0.15) is 5.82 Å². The Bertz CT molecular complexity index is 868. The lowest BCUT2D eigenvalue weighted by molar-refractivity contribution is 0.151. The number of H-pyrrole nitrogens is 1. The summed E-state index contributed by atoms with van der Waals surface area (Å²) in [5.41, 5.74) is 3.06. The quantitative estimate of drug-likeness (QED) is 0.681.